The molecule has 116 valence electrons. The van der Waals surface area contributed by atoms with Crippen LogP contribution in [0.2, 0.25) is 0 Å². The van der Waals surface area contributed by atoms with Gasteiger partial charge in [0.2, 0.25) is 0 Å². The molecule has 0 N–H and O–H groups in total. The quantitative estimate of drug-likeness (QED) is 0.409. The van der Waals surface area contributed by atoms with Gasteiger partial charge in [-0.1, -0.05) is 46.0 Å². The van der Waals surface area contributed by atoms with E-state index in [0.29, 0.717) is 24.7 Å². The van der Waals surface area contributed by atoms with Crippen molar-refractivity contribution in [2.75, 3.05) is 14.2 Å². The molecule has 0 saturated heterocycles. The van der Waals surface area contributed by atoms with E-state index >= 15 is 0 Å². The average Bonchev–Trinajstić information content (AvgIpc) is 2.86. The summed E-state index contributed by atoms with van der Waals surface area (Å²) in [6.07, 6.45) is 6.78. The third kappa shape index (κ3) is 3.33. The molecule has 2 atom stereocenters. The second kappa shape index (κ2) is 7.65. The molecule has 1 rings (SSSR count). The molecule has 0 aromatic heterocycles. The van der Waals surface area contributed by atoms with Gasteiger partial charge in [-0.25, -0.2) is 0 Å². The van der Waals surface area contributed by atoms with E-state index in [1.54, 1.807) is 0 Å². The van der Waals surface area contributed by atoms with Crippen LogP contribution in [0.25, 0.3) is 0 Å². The zero-order valence-electron chi connectivity index (χ0n) is 13.2. The Kier molecular flexibility index (Phi) is 6.50. The van der Waals surface area contributed by atoms with E-state index in [1.165, 1.54) is 27.1 Å². The second-order valence-corrected chi connectivity index (χ2v) is 5.90. The standard InChI is InChI=1S/C16H28O4/c1-5-7-8-9-13-11-16(14(17)19-3,15(18)20-4)10-12(13)6-2/h12-13H,5-11H2,1-4H3/t12-,13-/m1/s1. The van der Waals surface area contributed by atoms with Crippen molar-refractivity contribution in [2.24, 2.45) is 17.3 Å². The molecular formula is C16H28O4. The lowest BCUT2D eigenvalue weighted by Gasteiger charge is -2.23. The summed E-state index contributed by atoms with van der Waals surface area (Å²) in [5.41, 5.74) is -1.07. The number of ether oxygens (including phenoxy) is 2. The lowest BCUT2D eigenvalue weighted by atomic mass is 9.84. The number of esters is 2. The van der Waals surface area contributed by atoms with Crippen LogP contribution in [0.4, 0.5) is 0 Å². The van der Waals surface area contributed by atoms with Gasteiger partial charge in [0.25, 0.3) is 0 Å². The van der Waals surface area contributed by atoms with E-state index in [9.17, 15) is 9.59 Å². The molecule has 20 heavy (non-hydrogen) atoms. The molecule has 0 aromatic carbocycles. The number of unbranched alkanes of at least 4 members (excludes halogenated alkanes) is 2. The Balaban J connectivity index is 2.87. The van der Waals surface area contributed by atoms with E-state index in [1.807, 2.05) is 0 Å². The third-order valence-electron chi connectivity index (χ3n) is 4.74. The van der Waals surface area contributed by atoms with Crippen LogP contribution in [-0.4, -0.2) is 26.2 Å². The summed E-state index contributed by atoms with van der Waals surface area (Å²) in [7, 11) is 2.69. The molecule has 0 bridgehead atoms. The Morgan fingerprint density at radius 2 is 1.55 bits per heavy atom. The van der Waals surface area contributed by atoms with Gasteiger partial charge in [0.1, 0.15) is 0 Å². The normalized spacial score (nSPS) is 24.4. The average molecular weight is 284 g/mol. The fraction of sp³-hybridized carbons (Fsp3) is 0.875. The van der Waals surface area contributed by atoms with Gasteiger partial charge in [-0.2, -0.15) is 0 Å². The first kappa shape index (κ1) is 17.0. The highest BCUT2D eigenvalue weighted by Crippen LogP contribution is 2.50. The van der Waals surface area contributed by atoms with Crippen molar-refractivity contribution >= 4 is 11.9 Å². The fourth-order valence-electron chi connectivity index (χ4n) is 3.59. The molecule has 0 unspecified atom stereocenters. The highest BCUT2D eigenvalue weighted by molar-refractivity contribution is 6.00. The van der Waals surface area contributed by atoms with Gasteiger partial charge in [0.15, 0.2) is 5.41 Å². The number of methoxy groups -OCH3 is 2. The Hall–Kier alpha value is -1.06. The molecule has 1 aliphatic carbocycles. The summed E-state index contributed by atoms with van der Waals surface area (Å²) in [5, 5.41) is 0. The number of carbonyl (C=O) groups excluding carboxylic acids is 2. The van der Waals surface area contributed by atoms with E-state index < -0.39 is 17.4 Å². The summed E-state index contributed by atoms with van der Waals surface area (Å²) in [4.78, 5) is 24.3. The topological polar surface area (TPSA) is 52.6 Å². The third-order valence-corrected chi connectivity index (χ3v) is 4.74. The molecule has 0 amide bonds. The molecule has 4 nitrogen and oxygen atoms in total. The highest BCUT2D eigenvalue weighted by atomic mass is 16.5. The van der Waals surface area contributed by atoms with Crippen LogP contribution >= 0.6 is 0 Å². The number of hydrogen-bond donors (Lipinski definition) is 0. The van der Waals surface area contributed by atoms with Crippen molar-refractivity contribution in [1.82, 2.24) is 0 Å². The lowest BCUT2D eigenvalue weighted by Crippen LogP contribution is -2.39. The first-order chi connectivity index (χ1) is 9.55. The molecule has 0 spiro atoms. The zero-order valence-corrected chi connectivity index (χ0v) is 13.2. The summed E-state index contributed by atoms with van der Waals surface area (Å²) in [6.45, 7) is 4.31. The SMILES string of the molecule is CCCCC[C@@H]1CC(C(=O)OC)(C(=O)OC)C[C@H]1CC. The first-order valence-corrected chi connectivity index (χ1v) is 7.72. The van der Waals surface area contributed by atoms with E-state index in [0.717, 1.165) is 19.3 Å². The predicted molar refractivity (Wildman–Crippen MR) is 77.1 cm³/mol. The van der Waals surface area contributed by atoms with Crippen LogP contribution in [-0.2, 0) is 19.1 Å². The van der Waals surface area contributed by atoms with Gasteiger partial charge in [0, 0.05) is 0 Å². The summed E-state index contributed by atoms with van der Waals surface area (Å²) in [5.74, 6) is -0.0311. The molecule has 0 radical (unpaired) electrons. The molecule has 0 heterocycles. The van der Waals surface area contributed by atoms with Crippen LogP contribution < -0.4 is 0 Å². The molecule has 0 aliphatic heterocycles. The van der Waals surface area contributed by atoms with Gasteiger partial charge >= 0.3 is 11.9 Å². The summed E-state index contributed by atoms with van der Waals surface area (Å²) in [6, 6.07) is 0. The van der Waals surface area contributed by atoms with Crippen molar-refractivity contribution < 1.29 is 19.1 Å². The van der Waals surface area contributed by atoms with Gasteiger partial charge in [-0.3, -0.25) is 9.59 Å². The van der Waals surface area contributed by atoms with Crippen LogP contribution in [0, 0.1) is 17.3 Å². The van der Waals surface area contributed by atoms with Crippen molar-refractivity contribution in [3.63, 3.8) is 0 Å². The Bertz CT molecular complexity index is 321. The Morgan fingerprint density at radius 1 is 1.00 bits per heavy atom. The van der Waals surface area contributed by atoms with Crippen molar-refractivity contribution in [3.8, 4) is 0 Å². The van der Waals surface area contributed by atoms with E-state index in [2.05, 4.69) is 13.8 Å². The van der Waals surface area contributed by atoms with Crippen LogP contribution in [0.15, 0.2) is 0 Å². The van der Waals surface area contributed by atoms with Crippen molar-refractivity contribution in [3.05, 3.63) is 0 Å². The summed E-state index contributed by atoms with van der Waals surface area (Å²) < 4.78 is 9.78. The minimum Gasteiger partial charge on any atom is -0.468 e. The molecule has 0 aromatic rings. The van der Waals surface area contributed by atoms with E-state index in [4.69, 9.17) is 9.47 Å². The second-order valence-electron chi connectivity index (χ2n) is 5.90. The molecule has 1 fully saturated rings. The smallest absolute Gasteiger partial charge is 0.323 e. The highest BCUT2D eigenvalue weighted by Gasteiger charge is 2.56. The maximum absolute atomic E-state index is 12.2. The molecule has 4 heteroatoms. The Morgan fingerprint density at radius 3 is 2.00 bits per heavy atom. The fourth-order valence-corrected chi connectivity index (χ4v) is 3.59. The van der Waals surface area contributed by atoms with E-state index in [-0.39, 0.29) is 0 Å². The largest absolute Gasteiger partial charge is 0.468 e. The summed E-state index contributed by atoms with van der Waals surface area (Å²) >= 11 is 0. The van der Waals surface area contributed by atoms with Gasteiger partial charge < -0.3 is 9.47 Å². The molecule has 1 aliphatic rings. The van der Waals surface area contributed by atoms with Crippen LogP contribution in [0.5, 0.6) is 0 Å². The minimum absolute atomic E-state index is 0.407. The molecule has 1 saturated carbocycles. The van der Waals surface area contributed by atoms with Gasteiger partial charge in [-0.15, -0.1) is 0 Å². The van der Waals surface area contributed by atoms with Crippen LogP contribution in [0.1, 0.15) is 58.8 Å². The maximum Gasteiger partial charge on any atom is 0.323 e. The monoisotopic (exact) mass is 284 g/mol. The van der Waals surface area contributed by atoms with Gasteiger partial charge in [-0.05, 0) is 24.7 Å². The lowest BCUT2D eigenvalue weighted by molar-refractivity contribution is -0.169. The van der Waals surface area contributed by atoms with Crippen molar-refractivity contribution in [1.29, 1.82) is 0 Å². The molecular weight excluding hydrogens is 256 g/mol. The van der Waals surface area contributed by atoms with Crippen molar-refractivity contribution in [2.45, 2.75) is 58.8 Å². The predicted octanol–water partition coefficient (Wildman–Crippen LogP) is 3.34. The Labute approximate surface area is 122 Å². The zero-order chi connectivity index (χ0) is 15.2. The number of rotatable bonds is 7. The number of hydrogen-bond acceptors (Lipinski definition) is 4. The minimum atomic E-state index is -1.07. The number of carbonyl (C=O) groups is 2. The maximum atomic E-state index is 12.2. The van der Waals surface area contributed by atoms with Gasteiger partial charge in [0.05, 0.1) is 14.2 Å². The van der Waals surface area contributed by atoms with Crippen LogP contribution in [0.3, 0.4) is 0 Å². The first-order valence-electron chi connectivity index (χ1n) is 7.72.